The number of hydrogen-bond acceptors (Lipinski definition) is 4. The number of nitrogens with one attached hydrogen (secondary N) is 1. The third-order valence-corrected chi connectivity index (χ3v) is 3.66. The number of nitrogens with zero attached hydrogens (tertiary/aromatic N) is 3. The normalized spacial score (nSPS) is 18.4. The molecule has 0 spiro atoms. The topological polar surface area (TPSA) is 75.2 Å². The van der Waals surface area contributed by atoms with Crippen LogP contribution in [0.15, 0.2) is 6.07 Å². The van der Waals surface area contributed by atoms with Crippen LogP contribution in [-0.2, 0) is 16.1 Å². The third-order valence-electron chi connectivity index (χ3n) is 3.66. The van der Waals surface area contributed by atoms with E-state index in [4.69, 9.17) is 0 Å². The van der Waals surface area contributed by atoms with E-state index in [9.17, 15) is 9.59 Å². The summed E-state index contributed by atoms with van der Waals surface area (Å²) in [5.74, 6) is 0.441. The Labute approximate surface area is 125 Å². The quantitative estimate of drug-likeness (QED) is 0.905. The summed E-state index contributed by atoms with van der Waals surface area (Å²) in [5.41, 5.74) is 1.77. The van der Waals surface area contributed by atoms with Gasteiger partial charge in [-0.25, -0.2) is 9.97 Å². The zero-order valence-corrected chi connectivity index (χ0v) is 12.8. The Balaban J connectivity index is 1.98. The van der Waals surface area contributed by atoms with Crippen molar-refractivity contribution in [3.05, 3.63) is 23.3 Å². The fourth-order valence-electron chi connectivity index (χ4n) is 2.74. The number of carbonyl (C=O) groups excluding carboxylic acids is 2. The van der Waals surface area contributed by atoms with Gasteiger partial charge in [0.1, 0.15) is 11.9 Å². The minimum absolute atomic E-state index is 0.0440. The predicted octanol–water partition coefficient (Wildman–Crippen LogP) is 1.11. The Morgan fingerprint density at radius 3 is 2.57 bits per heavy atom. The monoisotopic (exact) mass is 290 g/mol. The summed E-state index contributed by atoms with van der Waals surface area (Å²) >= 11 is 0. The van der Waals surface area contributed by atoms with Crippen molar-refractivity contribution in [2.45, 2.75) is 52.6 Å². The Hall–Kier alpha value is -1.98. The zero-order chi connectivity index (χ0) is 15.4. The highest BCUT2D eigenvalue weighted by Crippen LogP contribution is 2.17. The summed E-state index contributed by atoms with van der Waals surface area (Å²) in [4.78, 5) is 34.1. The molecule has 0 radical (unpaired) electrons. The van der Waals surface area contributed by atoms with Crippen LogP contribution in [0, 0.1) is 13.8 Å². The van der Waals surface area contributed by atoms with Gasteiger partial charge in [-0.1, -0.05) is 0 Å². The molecule has 114 valence electrons. The van der Waals surface area contributed by atoms with Crippen LogP contribution in [0.1, 0.15) is 43.4 Å². The first-order chi connectivity index (χ1) is 9.97. The summed E-state index contributed by atoms with van der Waals surface area (Å²) in [6.45, 7) is 6.27. The molecule has 0 bridgehead atoms. The average Bonchev–Trinajstić information content (AvgIpc) is 2.43. The van der Waals surface area contributed by atoms with Gasteiger partial charge in [0.2, 0.25) is 11.8 Å². The fourth-order valence-corrected chi connectivity index (χ4v) is 2.74. The molecule has 21 heavy (non-hydrogen) atoms. The van der Waals surface area contributed by atoms with Crippen molar-refractivity contribution in [2.24, 2.45) is 0 Å². The second kappa shape index (κ2) is 6.65. The van der Waals surface area contributed by atoms with Gasteiger partial charge in [-0.2, -0.15) is 0 Å². The largest absolute Gasteiger partial charge is 0.347 e. The van der Waals surface area contributed by atoms with Crippen LogP contribution >= 0.6 is 0 Å². The minimum Gasteiger partial charge on any atom is -0.347 e. The molecule has 0 saturated carbocycles. The predicted molar refractivity (Wildman–Crippen MR) is 78.4 cm³/mol. The van der Waals surface area contributed by atoms with E-state index < -0.39 is 0 Å². The molecule has 1 fully saturated rings. The van der Waals surface area contributed by atoms with Gasteiger partial charge in [0, 0.05) is 24.9 Å². The lowest BCUT2D eigenvalue weighted by molar-refractivity contribution is -0.140. The van der Waals surface area contributed by atoms with Gasteiger partial charge >= 0.3 is 0 Å². The number of amides is 2. The van der Waals surface area contributed by atoms with Crippen molar-refractivity contribution < 1.29 is 9.59 Å². The maximum Gasteiger partial charge on any atom is 0.243 e. The van der Waals surface area contributed by atoms with Crippen molar-refractivity contribution in [3.8, 4) is 0 Å². The van der Waals surface area contributed by atoms with Crippen LogP contribution in [-0.4, -0.2) is 39.3 Å². The molecule has 2 heterocycles. The molecule has 1 atom stereocenters. The average molecular weight is 290 g/mol. The molecule has 1 aromatic heterocycles. The van der Waals surface area contributed by atoms with E-state index in [1.165, 1.54) is 6.92 Å². The van der Waals surface area contributed by atoms with E-state index in [0.717, 1.165) is 30.7 Å². The first kappa shape index (κ1) is 15.4. The highest BCUT2D eigenvalue weighted by atomic mass is 16.2. The number of rotatable bonds is 3. The van der Waals surface area contributed by atoms with Crippen LogP contribution in [0.3, 0.4) is 0 Å². The molecular formula is C15H22N4O2. The van der Waals surface area contributed by atoms with Crippen molar-refractivity contribution in [3.63, 3.8) is 0 Å². The molecule has 2 rings (SSSR count). The standard InChI is InChI=1S/C15H22N4O2/c1-10-8-11(2)18-14(17-10)9-16-15(21)13-6-4-5-7-19(13)12(3)20/h8,13H,4-7,9H2,1-3H3,(H,16,21)/t13-/m0/s1. The van der Waals surface area contributed by atoms with Crippen LogP contribution in [0.5, 0.6) is 0 Å². The molecule has 1 aliphatic heterocycles. The van der Waals surface area contributed by atoms with Gasteiger partial charge in [0.25, 0.3) is 0 Å². The second-order valence-electron chi connectivity index (χ2n) is 5.51. The lowest BCUT2D eigenvalue weighted by Gasteiger charge is -2.33. The molecule has 0 aliphatic carbocycles. The van der Waals surface area contributed by atoms with Crippen LogP contribution in [0.4, 0.5) is 0 Å². The maximum absolute atomic E-state index is 12.3. The second-order valence-corrected chi connectivity index (χ2v) is 5.51. The molecular weight excluding hydrogens is 268 g/mol. The third kappa shape index (κ3) is 4.00. The Morgan fingerprint density at radius 1 is 1.29 bits per heavy atom. The van der Waals surface area contributed by atoms with E-state index in [2.05, 4.69) is 15.3 Å². The highest BCUT2D eigenvalue weighted by molar-refractivity contribution is 5.87. The lowest BCUT2D eigenvalue weighted by Crippen LogP contribution is -2.51. The van der Waals surface area contributed by atoms with E-state index in [1.807, 2.05) is 19.9 Å². The number of likely N-dealkylation sites (tertiary alicyclic amines) is 1. The van der Waals surface area contributed by atoms with Crippen molar-refractivity contribution >= 4 is 11.8 Å². The number of carbonyl (C=O) groups is 2. The molecule has 1 saturated heterocycles. The lowest BCUT2D eigenvalue weighted by atomic mass is 10.0. The summed E-state index contributed by atoms with van der Waals surface area (Å²) in [7, 11) is 0. The number of aromatic nitrogens is 2. The van der Waals surface area contributed by atoms with Gasteiger partial charge in [0.15, 0.2) is 0 Å². The van der Waals surface area contributed by atoms with Crippen LogP contribution in [0.2, 0.25) is 0 Å². The molecule has 1 aromatic rings. The van der Waals surface area contributed by atoms with E-state index >= 15 is 0 Å². The number of aryl methyl sites for hydroxylation is 2. The Bertz CT molecular complexity index is 524. The minimum atomic E-state index is -0.359. The van der Waals surface area contributed by atoms with Gasteiger partial charge in [-0.15, -0.1) is 0 Å². The van der Waals surface area contributed by atoms with E-state index in [0.29, 0.717) is 18.9 Å². The van der Waals surface area contributed by atoms with Gasteiger partial charge in [-0.3, -0.25) is 9.59 Å². The summed E-state index contributed by atoms with van der Waals surface area (Å²) < 4.78 is 0. The first-order valence-electron chi connectivity index (χ1n) is 7.33. The van der Waals surface area contributed by atoms with Crippen LogP contribution < -0.4 is 5.32 Å². The fraction of sp³-hybridized carbons (Fsp3) is 0.600. The first-order valence-corrected chi connectivity index (χ1v) is 7.33. The van der Waals surface area contributed by atoms with Crippen molar-refractivity contribution in [1.82, 2.24) is 20.2 Å². The Kier molecular flexibility index (Phi) is 4.88. The van der Waals surface area contributed by atoms with Gasteiger partial charge in [-0.05, 0) is 39.2 Å². The molecule has 6 heteroatoms. The molecule has 1 aliphatic rings. The number of piperidine rings is 1. The molecule has 0 unspecified atom stereocenters. The number of hydrogen-bond donors (Lipinski definition) is 1. The summed E-state index contributed by atoms with van der Waals surface area (Å²) in [6, 6.07) is 1.53. The zero-order valence-electron chi connectivity index (χ0n) is 12.8. The maximum atomic E-state index is 12.3. The summed E-state index contributed by atoms with van der Waals surface area (Å²) in [6.07, 6.45) is 2.66. The molecule has 2 amide bonds. The van der Waals surface area contributed by atoms with Gasteiger partial charge in [0.05, 0.1) is 6.54 Å². The van der Waals surface area contributed by atoms with Gasteiger partial charge < -0.3 is 10.2 Å². The SMILES string of the molecule is CC(=O)N1CCCC[C@H]1C(=O)NCc1nc(C)cc(C)n1. The summed E-state index contributed by atoms with van der Waals surface area (Å²) in [5, 5.41) is 2.85. The highest BCUT2D eigenvalue weighted by Gasteiger charge is 2.30. The van der Waals surface area contributed by atoms with Crippen molar-refractivity contribution in [1.29, 1.82) is 0 Å². The molecule has 6 nitrogen and oxygen atoms in total. The van der Waals surface area contributed by atoms with Crippen molar-refractivity contribution in [2.75, 3.05) is 6.54 Å². The van der Waals surface area contributed by atoms with E-state index in [-0.39, 0.29) is 17.9 Å². The van der Waals surface area contributed by atoms with Crippen LogP contribution in [0.25, 0.3) is 0 Å². The molecule has 0 aromatic carbocycles. The smallest absolute Gasteiger partial charge is 0.243 e. The molecule has 1 N–H and O–H groups in total. The Morgan fingerprint density at radius 2 is 1.95 bits per heavy atom. The van der Waals surface area contributed by atoms with E-state index in [1.54, 1.807) is 4.90 Å².